The van der Waals surface area contributed by atoms with Gasteiger partial charge in [0, 0.05) is 13.8 Å². The molecule has 0 spiro atoms. The number of hydrogen-bond donors (Lipinski definition) is 0. The molecule has 0 aliphatic rings. The van der Waals surface area contributed by atoms with Gasteiger partial charge in [-0.25, -0.2) is 0 Å². The van der Waals surface area contributed by atoms with E-state index in [1.54, 1.807) is 13.8 Å². The van der Waals surface area contributed by atoms with Crippen LogP contribution < -0.4 is 4.73 Å². The number of nitrogens with zero attached hydrogens (tertiary/aromatic N) is 1. The van der Waals surface area contributed by atoms with Crippen LogP contribution in [0, 0.1) is 19.1 Å². The fraction of sp³-hybridized carbons (Fsp3) is 0.250. The highest BCUT2D eigenvalue weighted by Gasteiger charge is 2.32. The van der Waals surface area contributed by atoms with E-state index in [9.17, 15) is 18.4 Å². The lowest BCUT2D eigenvalue weighted by molar-refractivity contribution is -0.602. The molecular formula is C12H10F3NO2. The predicted octanol–water partition coefficient (Wildman–Crippen LogP) is 3.22. The van der Waals surface area contributed by atoms with Gasteiger partial charge in [0.1, 0.15) is 0 Å². The van der Waals surface area contributed by atoms with Crippen LogP contribution in [0.25, 0.3) is 11.5 Å². The Hall–Kier alpha value is -1.98. The Morgan fingerprint density at radius 2 is 1.89 bits per heavy atom. The van der Waals surface area contributed by atoms with Crippen LogP contribution in [0.2, 0.25) is 0 Å². The maximum atomic E-state index is 12.6. The average molecular weight is 257 g/mol. The van der Waals surface area contributed by atoms with E-state index in [2.05, 4.69) is 0 Å². The zero-order valence-electron chi connectivity index (χ0n) is 9.71. The summed E-state index contributed by atoms with van der Waals surface area (Å²) in [6.45, 7) is 3.13. The van der Waals surface area contributed by atoms with Crippen LogP contribution in [-0.2, 0) is 6.18 Å². The van der Waals surface area contributed by atoms with Gasteiger partial charge in [0.05, 0.1) is 11.1 Å². The number of aryl methyl sites for hydroxylation is 1. The number of hydrogen-bond acceptors (Lipinski definition) is 2. The summed E-state index contributed by atoms with van der Waals surface area (Å²) in [5.74, 6) is 0.258. The first-order chi connectivity index (χ1) is 8.30. The monoisotopic (exact) mass is 257 g/mol. The molecule has 6 heteroatoms. The van der Waals surface area contributed by atoms with Crippen molar-refractivity contribution in [1.29, 1.82) is 0 Å². The van der Waals surface area contributed by atoms with Gasteiger partial charge >= 0.3 is 12.1 Å². The highest BCUT2D eigenvalue weighted by Crippen LogP contribution is 2.31. The van der Waals surface area contributed by atoms with Gasteiger partial charge in [-0.05, 0) is 18.2 Å². The van der Waals surface area contributed by atoms with Crippen molar-refractivity contribution in [3.8, 4) is 11.5 Å². The third-order valence-corrected chi connectivity index (χ3v) is 2.69. The molecule has 0 N–H and O–H groups in total. The van der Waals surface area contributed by atoms with Crippen molar-refractivity contribution in [2.24, 2.45) is 0 Å². The van der Waals surface area contributed by atoms with Crippen molar-refractivity contribution < 1.29 is 22.3 Å². The molecule has 0 saturated carbocycles. The summed E-state index contributed by atoms with van der Waals surface area (Å²) in [5, 5.41) is 11.7. The third-order valence-electron chi connectivity index (χ3n) is 2.69. The lowest BCUT2D eigenvalue weighted by Gasteiger charge is -2.06. The van der Waals surface area contributed by atoms with Crippen LogP contribution in [0.5, 0.6) is 0 Å². The SMILES string of the molecule is Cc1oc(-c2cccc(C(F)(F)F)c2)[n+]([O-])c1C. The summed E-state index contributed by atoms with van der Waals surface area (Å²) >= 11 is 0. The molecule has 0 unspecified atom stereocenters. The Balaban J connectivity index is 2.55. The number of rotatable bonds is 1. The molecule has 0 fully saturated rings. The topological polar surface area (TPSA) is 40.1 Å². The summed E-state index contributed by atoms with van der Waals surface area (Å²) in [5.41, 5.74) is -0.370. The molecule has 0 bridgehead atoms. The molecule has 1 aromatic carbocycles. The molecule has 0 radical (unpaired) electrons. The molecule has 0 atom stereocenters. The van der Waals surface area contributed by atoms with Crippen molar-refractivity contribution in [1.82, 2.24) is 0 Å². The number of halogens is 3. The normalized spacial score (nSPS) is 11.8. The Labute approximate surface area is 101 Å². The van der Waals surface area contributed by atoms with Gasteiger partial charge in [-0.2, -0.15) is 13.2 Å². The van der Waals surface area contributed by atoms with E-state index >= 15 is 0 Å². The van der Waals surface area contributed by atoms with Crippen molar-refractivity contribution in [3.05, 3.63) is 46.5 Å². The minimum Gasteiger partial charge on any atom is -0.616 e. The van der Waals surface area contributed by atoms with E-state index < -0.39 is 11.7 Å². The molecule has 3 nitrogen and oxygen atoms in total. The lowest BCUT2D eigenvalue weighted by atomic mass is 10.1. The van der Waals surface area contributed by atoms with Gasteiger partial charge in [-0.3, -0.25) is 0 Å². The van der Waals surface area contributed by atoms with E-state index in [0.717, 1.165) is 12.1 Å². The van der Waals surface area contributed by atoms with E-state index in [-0.39, 0.29) is 11.5 Å². The van der Waals surface area contributed by atoms with E-state index in [1.807, 2.05) is 0 Å². The van der Waals surface area contributed by atoms with Crippen molar-refractivity contribution in [2.75, 3.05) is 0 Å². The van der Waals surface area contributed by atoms with Crippen LogP contribution >= 0.6 is 0 Å². The van der Waals surface area contributed by atoms with Crippen LogP contribution in [-0.4, -0.2) is 0 Å². The molecule has 0 saturated heterocycles. The predicted molar refractivity (Wildman–Crippen MR) is 57.6 cm³/mol. The van der Waals surface area contributed by atoms with Crippen molar-refractivity contribution in [2.45, 2.75) is 20.0 Å². The first-order valence-corrected chi connectivity index (χ1v) is 5.18. The first kappa shape index (κ1) is 12.5. The second kappa shape index (κ2) is 4.04. The second-order valence-corrected chi connectivity index (χ2v) is 3.92. The molecule has 0 amide bonds. The van der Waals surface area contributed by atoms with Crippen LogP contribution in [0.1, 0.15) is 17.0 Å². The third kappa shape index (κ3) is 2.05. The molecule has 0 aliphatic heterocycles. The van der Waals surface area contributed by atoms with Crippen molar-refractivity contribution >= 4 is 0 Å². The Kier molecular flexibility index (Phi) is 2.80. The van der Waals surface area contributed by atoms with Gasteiger partial charge < -0.3 is 9.62 Å². The summed E-state index contributed by atoms with van der Waals surface area (Å²) < 4.78 is 43.3. The first-order valence-electron chi connectivity index (χ1n) is 5.18. The maximum absolute atomic E-state index is 12.6. The molecule has 1 aromatic heterocycles. The lowest BCUT2D eigenvalue weighted by Crippen LogP contribution is -2.29. The number of benzene rings is 1. The highest BCUT2D eigenvalue weighted by molar-refractivity contribution is 5.52. The molecule has 96 valence electrons. The highest BCUT2D eigenvalue weighted by atomic mass is 19.4. The summed E-state index contributed by atoms with van der Waals surface area (Å²) in [6.07, 6.45) is -4.44. The number of oxazole rings is 1. The Morgan fingerprint density at radius 3 is 2.39 bits per heavy atom. The van der Waals surface area contributed by atoms with E-state index in [4.69, 9.17) is 4.42 Å². The van der Waals surface area contributed by atoms with Gasteiger partial charge in [0.25, 0.3) is 0 Å². The molecule has 2 rings (SSSR count). The van der Waals surface area contributed by atoms with Crippen molar-refractivity contribution in [3.63, 3.8) is 0 Å². The molecule has 1 heterocycles. The maximum Gasteiger partial charge on any atom is 0.416 e. The number of aromatic nitrogens is 1. The minimum absolute atomic E-state index is 0.107. The van der Waals surface area contributed by atoms with Gasteiger partial charge in [0.2, 0.25) is 5.69 Å². The molecule has 2 aromatic rings. The zero-order chi connectivity index (χ0) is 13.5. The molecule has 0 aliphatic carbocycles. The fourth-order valence-corrected chi connectivity index (χ4v) is 1.56. The fourth-order valence-electron chi connectivity index (χ4n) is 1.56. The van der Waals surface area contributed by atoms with Gasteiger partial charge in [-0.1, -0.05) is 6.07 Å². The van der Waals surface area contributed by atoms with Crippen LogP contribution in [0.15, 0.2) is 28.7 Å². The number of alkyl halides is 3. The quantitative estimate of drug-likeness (QED) is 0.581. The summed E-state index contributed by atoms with van der Waals surface area (Å²) in [7, 11) is 0. The zero-order valence-corrected chi connectivity index (χ0v) is 9.71. The van der Waals surface area contributed by atoms with Gasteiger partial charge in [0.15, 0.2) is 5.76 Å². The second-order valence-electron chi connectivity index (χ2n) is 3.92. The summed E-state index contributed by atoms with van der Waals surface area (Å²) in [4.78, 5) is 0. The standard InChI is InChI=1S/C12H10F3NO2/c1-7-8(2)18-11(16(7)17)9-4-3-5-10(6-9)12(13,14)15/h3-6H,1-2H3. The summed E-state index contributed by atoms with van der Waals surface area (Å²) in [6, 6.07) is 4.49. The molecule has 18 heavy (non-hydrogen) atoms. The largest absolute Gasteiger partial charge is 0.616 e. The van der Waals surface area contributed by atoms with E-state index in [0.29, 0.717) is 16.2 Å². The molecular weight excluding hydrogens is 247 g/mol. The Bertz CT molecular complexity index is 587. The van der Waals surface area contributed by atoms with Crippen LogP contribution in [0.3, 0.4) is 0 Å². The van der Waals surface area contributed by atoms with Gasteiger partial charge in [-0.15, -0.1) is 4.73 Å². The smallest absolute Gasteiger partial charge is 0.416 e. The Morgan fingerprint density at radius 1 is 1.22 bits per heavy atom. The van der Waals surface area contributed by atoms with E-state index in [1.165, 1.54) is 12.1 Å². The van der Waals surface area contributed by atoms with Crippen LogP contribution in [0.4, 0.5) is 13.2 Å². The minimum atomic E-state index is -4.44. The average Bonchev–Trinajstić information content (AvgIpc) is 2.56.